The number of carbonyl (C=O) groups excluding carboxylic acids is 3. The number of imide groups is 1. The van der Waals surface area contributed by atoms with Gasteiger partial charge in [-0.15, -0.1) is 0 Å². The van der Waals surface area contributed by atoms with E-state index in [1.807, 2.05) is 0 Å². The molecule has 3 amide bonds. The number of nitrogens with one attached hydrogen (secondary N) is 1. The van der Waals surface area contributed by atoms with Gasteiger partial charge in [0.15, 0.2) is 0 Å². The quantitative estimate of drug-likeness (QED) is 0.813. The van der Waals surface area contributed by atoms with E-state index in [2.05, 4.69) is 19.2 Å². The Kier molecular flexibility index (Phi) is 5.07. The first-order valence-corrected chi connectivity index (χ1v) is 9.19. The van der Waals surface area contributed by atoms with Crippen molar-refractivity contribution >= 4 is 40.9 Å². The third-order valence-electron chi connectivity index (χ3n) is 5.37. The molecule has 5 nitrogen and oxygen atoms in total. The summed E-state index contributed by atoms with van der Waals surface area (Å²) in [5.41, 5.74) is 0.374. The minimum atomic E-state index is -0.515. The lowest BCUT2D eigenvalue weighted by Crippen LogP contribution is -2.48. The molecule has 0 spiro atoms. The number of benzene rings is 1. The molecule has 1 heterocycles. The van der Waals surface area contributed by atoms with E-state index in [-0.39, 0.29) is 39.7 Å². The summed E-state index contributed by atoms with van der Waals surface area (Å²) in [7, 11) is 0. The van der Waals surface area contributed by atoms with Crippen LogP contribution in [0, 0.1) is 11.8 Å². The van der Waals surface area contributed by atoms with Crippen LogP contribution in [0.15, 0.2) is 12.1 Å². The van der Waals surface area contributed by atoms with Crippen LogP contribution >= 0.6 is 23.2 Å². The Morgan fingerprint density at radius 3 is 2.24 bits per heavy atom. The smallest absolute Gasteiger partial charge is 0.262 e. The SMILES string of the molecule is C[C@@H]1[C@H](C)CCC[C@H]1NC(=O)CN1C(=O)c2cc(Cl)c(Cl)cc2C1=O. The topological polar surface area (TPSA) is 66.5 Å². The first-order valence-electron chi connectivity index (χ1n) is 8.44. The Bertz CT molecular complexity index is 709. The lowest BCUT2D eigenvalue weighted by Gasteiger charge is -2.34. The second-order valence-electron chi connectivity index (χ2n) is 6.95. The minimum Gasteiger partial charge on any atom is -0.352 e. The number of halogens is 2. The molecule has 3 rings (SSSR count). The summed E-state index contributed by atoms with van der Waals surface area (Å²) in [4.78, 5) is 38.2. The molecular formula is C18H20Cl2N2O3. The maximum atomic E-state index is 12.4. The Morgan fingerprint density at radius 1 is 1.12 bits per heavy atom. The molecule has 25 heavy (non-hydrogen) atoms. The zero-order valence-electron chi connectivity index (χ0n) is 14.1. The lowest BCUT2D eigenvalue weighted by molar-refractivity contribution is -0.122. The predicted molar refractivity (Wildman–Crippen MR) is 95.9 cm³/mol. The summed E-state index contributed by atoms with van der Waals surface area (Å²) < 4.78 is 0. The molecule has 0 radical (unpaired) electrons. The van der Waals surface area contributed by atoms with Crippen LogP contribution in [0.1, 0.15) is 53.8 Å². The van der Waals surface area contributed by atoms with Crippen LogP contribution in [0.2, 0.25) is 10.0 Å². The fourth-order valence-electron chi connectivity index (χ4n) is 3.61. The molecule has 1 fully saturated rings. The molecule has 7 heteroatoms. The van der Waals surface area contributed by atoms with Crippen molar-refractivity contribution in [2.24, 2.45) is 11.8 Å². The Hall–Kier alpha value is -1.59. The van der Waals surface area contributed by atoms with Gasteiger partial charge in [0, 0.05) is 6.04 Å². The largest absolute Gasteiger partial charge is 0.352 e. The van der Waals surface area contributed by atoms with E-state index in [0.29, 0.717) is 11.8 Å². The van der Waals surface area contributed by atoms with Crippen LogP contribution in [0.25, 0.3) is 0 Å². The zero-order valence-corrected chi connectivity index (χ0v) is 15.7. The van der Waals surface area contributed by atoms with E-state index in [9.17, 15) is 14.4 Å². The van der Waals surface area contributed by atoms with Crippen molar-refractivity contribution < 1.29 is 14.4 Å². The summed E-state index contributed by atoms with van der Waals surface area (Å²) in [5.74, 6) is -0.435. The fraction of sp³-hybridized carbons (Fsp3) is 0.500. The second-order valence-corrected chi connectivity index (χ2v) is 7.76. The third-order valence-corrected chi connectivity index (χ3v) is 6.09. The number of nitrogens with zero attached hydrogens (tertiary/aromatic N) is 1. The number of amides is 3. The number of hydrogen-bond donors (Lipinski definition) is 1. The summed E-state index contributed by atoms with van der Waals surface area (Å²) in [6.07, 6.45) is 3.15. The molecule has 1 saturated carbocycles. The monoisotopic (exact) mass is 382 g/mol. The van der Waals surface area contributed by atoms with Gasteiger partial charge in [-0.2, -0.15) is 0 Å². The highest BCUT2D eigenvalue weighted by atomic mass is 35.5. The average Bonchev–Trinajstić information content (AvgIpc) is 2.77. The van der Waals surface area contributed by atoms with E-state index in [1.165, 1.54) is 12.1 Å². The van der Waals surface area contributed by atoms with Crippen molar-refractivity contribution in [3.8, 4) is 0 Å². The van der Waals surface area contributed by atoms with Gasteiger partial charge in [0.1, 0.15) is 6.54 Å². The summed E-state index contributed by atoms with van der Waals surface area (Å²) in [6, 6.07) is 2.83. The van der Waals surface area contributed by atoms with Crippen LogP contribution in [0.4, 0.5) is 0 Å². The summed E-state index contributed by atoms with van der Waals surface area (Å²) in [6.45, 7) is 4.01. The maximum Gasteiger partial charge on any atom is 0.262 e. The van der Waals surface area contributed by atoms with Crippen LogP contribution in [-0.2, 0) is 4.79 Å². The van der Waals surface area contributed by atoms with Crippen molar-refractivity contribution in [1.82, 2.24) is 10.2 Å². The molecule has 3 atom stereocenters. The minimum absolute atomic E-state index is 0.0790. The lowest BCUT2D eigenvalue weighted by atomic mass is 9.78. The van der Waals surface area contributed by atoms with Crippen LogP contribution in [-0.4, -0.2) is 35.2 Å². The summed E-state index contributed by atoms with van der Waals surface area (Å²) >= 11 is 11.8. The molecule has 1 N–H and O–H groups in total. The molecule has 1 aliphatic carbocycles. The van der Waals surface area contributed by atoms with Crippen molar-refractivity contribution in [2.75, 3.05) is 6.54 Å². The standard InChI is InChI=1S/C18H20Cl2N2O3/c1-9-4-3-5-15(10(9)2)21-16(23)8-22-17(24)11-6-13(19)14(20)7-12(11)18(22)25/h6-7,9-10,15H,3-5,8H2,1-2H3,(H,21,23)/t9-,10-,15-/m1/s1. The van der Waals surface area contributed by atoms with E-state index >= 15 is 0 Å². The molecule has 134 valence electrons. The maximum absolute atomic E-state index is 12.4. The molecule has 1 aromatic carbocycles. The Balaban J connectivity index is 1.70. The molecule has 2 aliphatic rings. The van der Waals surface area contributed by atoms with Gasteiger partial charge in [0.05, 0.1) is 21.2 Å². The van der Waals surface area contributed by atoms with Gasteiger partial charge in [-0.1, -0.05) is 49.9 Å². The molecule has 0 bridgehead atoms. The summed E-state index contributed by atoms with van der Waals surface area (Å²) in [5, 5.41) is 3.39. The molecule has 0 aromatic heterocycles. The van der Waals surface area contributed by atoms with Crippen molar-refractivity contribution in [3.63, 3.8) is 0 Å². The van der Waals surface area contributed by atoms with Gasteiger partial charge < -0.3 is 5.32 Å². The fourth-order valence-corrected chi connectivity index (χ4v) is 3.94. The van der Waals surface area contributed by atoms with E-state index in [1.54, 1.807) is 0 Å². The van der Waals surface area contributed by atoms with E-state index in [4.69, 9.17) is 23.2 Å². The molecular weight excluding hydrogens is 363 g/mol. The number of carbonyl (C=O) groups is 3. The number of fused-ring (bicyclic) bond motifs is 1. The van der Waals surface area contributed by atoms with Crippen LogP contribution in [0.3, 0.4) is 0 Å². The van der Waals surface area contributed by atoms with Gasteiger partial charge in [-0.3, -0.25) is 19.3 Å². The molecule has 1 aliphatic heterocycles. The highest BCUT2D eigenvalue weighted by molar-refractivity contribution is 6.43. The van der Waals surface area contributed by atoms with Gasteiger partial charge >= 0.3 is 0 Å². The van der Waals surface area contributed by atoms with Gasteiger partial charge in [0.2, 0.25) is 5.91 Å². The number of rotatable bonds is 3. The third kappa shape index (κ3) is 3.40. The molecule has 1 aromatic rings. The second kappa shape index (κ2) is 6.96. The number of hydrogen-bond acceptors (Lipinski definition) is 3. The molecule has 0 unspecified atom stereocenters. The van der Waals surface area contributed by atoms with E-state index < -0.39 is 11.8 Å². The van der Waals surface area contributed by atoms with E-state index in [0.717, 1.165) is 24.2 Å². The van der Waals surface area contributed by atoms with Crippen molar-refractivity contribution in [2.45, 2.75) is 39.2 Å². The van der Waals surface area contributed by atoms with Crippen LogP contribution in [0.5, 0.6) is 0 Å². The van der Waals surface area contributed by atoms with Crippen molar-refractivity contribution in [3.05, 3.63) is 33.3 Å². The first kappa shape index (κ1) is 18.2. The van der Waals surface area contributed by atoms with Crippen molar-refractivity contribution in [1.29, 1.82) is 0 Å². The predicted octanol–water partition coefficient (Wildman–Crippen LogP) is 3.53. The first-order chi connectivity index (χ1) is 11.8. The highest BCUT2D eigenvalue weighted by Gasteiger charge is 2.38. The van der Waals surface area contributed by atoms with Gasteiger partial charge in [-0.05, 0) is 30.4 Å². The highest BCUT2D eigenvalue weighted by Crippen LogP contribution is 2.32. The Morgan fingerprint density at radius 2 is 1.68 bits per heavy atom. The zero-order chi connectivity index (χ0) is 18.3. The van der Waals surface area contributed by atoms with Crippen LogP contribution < -0.4 is 5.32 Å². The normalized spacial score (nSPS) is 25.9. The van der Waals surface area contributed by atoms with Gasteiger partial charge in [0.25, 0.3) is 11.8 Å². The van der Waals surface area contributed by atoms with Gasteiger partial charge in [-0.25, -0.2) is 0 Å². The Labute approximate surface area is 156 Å². The molecule has 0 saturated heterocycles. The average molecular weight is 383 g/mol.